The maximum absolute atomic E-state index is 5.88. The van der Waals surface area contributed by atoms with Gasteiger partial charge >= 0.3 is 0 Å². The molecule has 0 amide bonds. The molecule has 1 fully saturated rings. The summed E-state index contributed by atoms with van der Waals surface area (Å²) in [6, 6.07) is 10.4. The van der Waals surface area contributed by atoms with Crippen LogP contribution in [0.2, 0.25) is 0 Å². The van der Waals surface area contributed by atoms with Gasteiger partial charge in [0.1, 0.15) is 0 Å². The fourth-order valence-electron chi connectivity index (χ4n) is 1.55. The molecule has 70 valence electrons. The van der Waals surface area contributed by atoms with Crippen LogP contribution in [0.1, 0.15) is 31.7 Å². The van der Waals surface area contributed by atoms with E-state index in [1.807, 2.05) is 6.07 Å². The summed E-state index contributed by atoms with van der Waals surface area (Å²) in [4.78, 5) is 0. The van der Waals surface area contributed by atoms with E-state index in [1.165, 1.54) is 18.4 Å². The third-order valence-electron chi connectivity index (χ3n) is 2.84. The molecule has 0 radical (unpaired) electrons. The van der Waals surface area contributed by atoms with Crippen molar-refractivity contribution >= 4 is 0 Å². The van der Waals surface area contributed by atoms with Crippen molar-refractivity contribution in [2.24, 2.45) is 0 Å². The van der Waals surface area contributed by atoms with Crippen molar-refractivity contribution in [1.29, 1.82) is 0 Å². The zero-order valence-electron chi connectivity index (χ0n) is 8.12. The Bertz CT molecular complexity index is 262. The van der Waals surface area contributed by atoms with E-state index in [1.54, 1.807) is 0 Å². The summed E-state index contributed by atoms with van der Waals surface area (Å²) in [6.45, 7) is 2.98. The van der Waals surface area contributed by atoms with Gasteiger partial charge in [-0.2, -0.15) is 0 Å². The minimum atomic E-state index is 0.246. The quantitative estimate of drug-likeness (QED) is 0.684. The second-order valence-corrected chi connectivity index (χ2v) is 3.81. The van der Waals surface area contributed by atoms with Crippen LogP contribution in [-0.2, 0) is 11.3 Å². The molecule has 1 nitrogen and oxygen atoms in total. The van der Waals surface area contributed by atoms with Crippen molar-refractivity contribution < 1.29 is 4.74 Å². The molecule has 0 aliphatic heterocycles. The fourth-order valence-corrected chi connectivity index (χ4v) is 1.55. The molecule has 0 spiro atoms. The van der Waals surface area contributed by atoms with Gasteiger partial charge in [-0.3, -0.25) is 0 Å². The van der Waals surface area contributed by atoms with Gasteiger partial charge in [0, 0.05) is 0 Å². The second kappa shape index (κ2) is 3.51. The normalized spacial score (nSPS) is 18.5. The Balaban J connectivity index is 1.86. The molecule has 0 saturated heterocycles. The highest BCUT2D eigenvalue weighted by Gasteiger charge is 2.41. The molecule has 13 heavy (non-hydrogen) atoms. The fraction of sp³-hybridized carbons (Fsp3) is 0.500. The SMILES string of the molecule is CCC1(OCc2ccccc2)CC1. The summed E-state index contributed by atoms with van der Waals surface area (Å²) < 4.78 is 5.88. The van der Waals surface area contributed by atoms with E-state index in [0.717, 1.165) is 13.0 Å². The van der Waals surface area contributed by atoms with Crippen LogP contribution in [0, 0.1) is 0 Å². The van der Waals surface area contributed by atoms with Crippen molar-refractivity contribution in [2.45, 2.75) is 38.4 Å². The number of rotatable bonds is 4. The lowest BCUT2D eigenvalue weighted by Crippen LogP contribution is -2.11. The number of benzene rings is 1. The molecule has 0 atom stereocenters. The van der Waals surface area contributed by atoms with Crippen LogP contribution in [0.25, 0.3) is 0 Å². The smallest absolute Gasteiger partial charge is 0.0724 e. The van der Waals surface area contributed by atoms with E-state index in [-0.39, 0.29) is 5.60 Å². The molecule has 1 heteroatoms. The summed E-state index contributed by atoms with van der Waals surface area (Å²) in [7, 11) is 0. The molecule has 1 aromatic carbocycles. The van der Waals surface area contributed by atoms with E-state index in [9.17, 15) is 0 Å². The minimum absolute atomic E-state index is 0.246. The highest BCUT2D eigenvalue weighted by atomic mass is 16.5. The van der Waals surface area contributed by atoms with E-state index >= 15 is 0 Å². The van der Waals surface area contributed by atoms with Crippen molar-refractivity contribution in [1.82, 2.24) is 0 Å². The molecule has 0 heterocycles. The van der Waals surface area contributed by atoms with Crippen LogP contribution in [0.15, 0.2) is 30.3 Å². The number of hydrogen-bond donors (Lipinski definition) is 0. The van der Waals surface area contributed by atoms with Crippen LogP contribution in [0.4, 0.5) is 0 Å². The average Bonchev–Trinajstić information content (AvgIpc) is 2.97. The summed E-state index contributed by atoms with van der Waals surface area (Å²) in [6.07, 6.45) is 3.65. The van der Waals surface area contributed by atoms with Crippen LogP contribution < -0.4 is 0 Å². The number of ether oxygens (including phenoxy) is 1. The first-order valence-corrected chi connectivity index (χ1v) is 5.02. The largest absolute Gasteiger partial charge is 0.370 e. The van der Waals surface area contributed by atoms with Crippen LogP contribution in [0.3, 0.4) is 0 Å². The van der Waals surface area contributed by atoms with E-state index in [0.29, 0.717) is 0 Å². The Kier molecular flexibility index (Phi) is 2.36. The molecule has 1 aliphatic rings. The highest BCUT2D eigenvalue weighted by molar-refractivity contribution is 5.13. The highest BCUT2D eigenvalue weighted by Crippen LogP contribution is 2.42. The van der Waals surface area contributed by atoms with Crippen molar-refractivity contribution in [3.05, 3.63) is 35.9 Å². The topological polar surface area (TPSA) is 9.23 Å². The monoisotopic (exact) mass is 176 g/mol. The van der Waals surface area contributed by atoms with Crippen LogP contribution >= 0.6 is 0 Å². The Hall–Kier alpha value is -0.820. The zero-order chi connectivity index (χ0) is 9.15. The Morgan fingerprint density at radius 1 is 1.23 bits per heavy atom. The lowest BCUT2D eigenvalue weighted by Gasteiger charge is -2.13. The molecule has 0 unspecified atom stereocenters. The van der Waals surface area contributed by atoms with Gasteiger partial charge in [-0.1, -0.05) is 37.3 Å². The second-order valence-electron chi connectivity index (χ2n) is 3.81. The first-order chi connectivity index (χ1) is 6.35. The predicted molar refractivity (Wildman–Crippen MR) is 53.5 cm³/mol. The molecule has 0 N–H and O–H groups in total. The van der Waals surface area contributed by atoms with E-state index in [2.05, 4.69) is 31.2 Å². The average molecular weight is 176 g/mol. The zero-order valence-corrected chi connectivity index (χ0v) is 8.12. The van der Waals surface area contributed by atoms with Crippen molar-refractivity contribution in [3.63, 3.8) is 0 Å². The minimum Gasteiger partial charge on any atom is -0.370 e. The third-order valence-corrected chi connectivity index (χ3v) is 2.84. The lowest BCUT2D eigenvalue weighted by atomic mass is 10.2. The van der Waals surface area contributed by atoms with Gasteiger partial charge < -0.3 is 4.74 Å². The van der Waals surface area contributed by atoms with Gasteiger partial charge in [-0.05, 0) is 24.8 Å². The first-order valence-electron chi connectivity index (χ1n) is 5.02. The number of hydrogen-bond acceptors (Lipinski definition) is 1. The maximum Gasteiger partial charge on any atom is 0.0724 e. The molecule has 1 saturated carbocycles. The molecule has 0 bridgehead atoms. The predicted octanol–water partition coefficient (Wildman–Crippen LogP) is 3.15. The van der Waals surface area contributed by atoms with E-state index in [4.69, 9.17) is 4.74 Å². The summed E-state index contributed by atoms with van der Waals surface area (Å²) in [5.74, 6) is 0. The van der Waals surface area contributed by atoms with Gasteiger partial charge in [-0.25, -0.2) is 0 Å². The maximum atomic E-state index is 5.88. The van der Waals surface area contributed by atoms with Crippen molar-refractivity contribution in [3.8, 4) is 0 Å². The Morgan fingerprint density at radius 2 is 1.92 bits per heavy atom. The molecular formula is C12H16O. The summed E-state index contributed by atoms with van der Waals surface area (Å²) in [5, 5.41) is 0. The van der Waals surface area contributed by atoms with Gasteiger partial charge in [-0.15, -0.1) is 0 Å². The Labute approximate surface area is 79.7 Å². The van der Waals surface area contributed by atoms with Gasteiger partial charge in [0.25, 0.3) is 0 Å². The third kappa shape index (κ3) is 2.10. The van der Waals surface area contributed by atoms with Gasteiger partial charge in [0.05, 0.1) is 12.2 Å². The van der Waals surface area contributed by atoms with Gasteiger partial charge in [0.2, 0.25) is 0 Å². The Morgan fingerprint density at radius 3 is 2.46 bits per heavy atom. The lowest BCUT2D eigenvalue weighted by molar-refractivity contribution is 0.0176. The van der Waals surface area contributed by atoms with E-state index < -0.39 is 0 Å². The van der Waals surface area contributed by atoms with Crippen LogP contribution in [-0.4, -0.2) is 5.60 Å². The molecule has 1 aromatic rings. The molecule has 2 rings (SSSR count). The van der Waals surface area contributed by atoms with Gasteiger partial charge in [0.15, 0.2) is 0 Å². The standard InChI is InChI=1S/C12H16O/c1-2-12(8-9-12)13-10-11-6-4-3-5-7-11/h3-7H,2,8-10H2,1H3. The summed E-state index contributed by atoms with van der Waals surface area (Å²) in [5.41, 5.74) is 1.53. The summed E-state index contributed by atoms with van der Waals surface area (Å²) >= 11 is 0. The first kappa shape index (κ1) is 8.76. The van der Waals surface area contributed by atoms with Crippen LogP contribution in [0.5, 0.6) is 0 Å². The molecule has 1 aliphatic carbocycles. The van der Waals surface area contributed by atoms with Crippen molar-refractivity contribution in [2.75, 3.05) is 0 Å². The molecular weight excluding hydrogens is 160 g/mol. The molecule has 0 aromatic heterocycles.